The van der Waals surface area contributed by atoms with Crippen LogP contribution in [0.4, 0.5) is 8.78 Å². The van der Waals surface area contributed by atoms with Crippen LogP contribution in [0.15, 0.2) is 73.1 Å². The highest BCUT2D eigenvalue weighted by Crippen LogP contribution is 2.48. The molecule has 2 N–H and O–H groups in total. The Bertz CT molecular complexity index is 1120. The maximum Gasteiger partial charge on any atom is 0.343 e. The largest absolute Gasteiger partial charge is 1.00 e. The Balaban J connectivity index is 0.00000361. The fraction of sp³-hybridized carbons (Fsp3) is 0.429. The van der Waals surface area contributed by atoms with Gasteiger partial charge in [-0.2, -0.15) is 0 Å². The summed E-state index contributed by atoms with van der Waals surface area (Å²) in [6, 6.07) is 18.0. The van der Waals surface area contributed by atoms with Crippen LogP contribution in [0.25, 0.3) is 0 Å². The number of alkyl halides is 2. The van der Waals surface area contributed by atoms with E-state index in [4.69, 9.17) is 4.74 Å². The van der Waals surface area contributed by atoms with Crippen molar-refractivity contribution in [2.75, 3.05) is 0 Å². The van der Waals surface area contributed by atoms with Gasteiger partial charge < -0.3 is 26.8 Å². The summed E-state index contributed by atoms with van der Waals surface area (Å²) in [6.45, 7) is 4.49. The van der Waals surface area contributed by atoms with Crippen LogP contribution in [-0.2, 0) is 28.1 Å². The van der Waals surface area contributed by atoms with Crippen molar-refractivity contribution in [3.05, 3.63) is 90.0 Å². The number of imidazole rings is 1. The van der Waals surface area contributed by atoms with Crippen LogP contribution in [0, 0.1) is 5.92 Å². The lowest BCUT2D eigenvalue weighted by Crippen LogP contribution is -3.00. The van der Waals surface area contributed by atoms with Crippen molar-refractivity contribution in [2.45, 2.75) is 69.6 Å². The van der Waals surface area contributed by atoms with Crippen molar-refractivity contribution >= 4 is 5.97 Å². The van der Waals surface area contributed by atoms with Crippen LogP contribution in [0.5, 0.6) is 0 Å². The average Bonchev–Trinajstić information content (AvgIpc) is 3.45. The van der Waals surface area contributed by atoms with Gasteiger partial charge in [-0.05, 0) is 17.5 Å². The molecule has 8 heteroatoms. The van der Waals surface area contributed by atoms with Gasteiger partial charge in [0.25, 0.3) is 5.82 Å². The highest BCUT2D eigenvalue weighted by Gasteiger charge is 2.54. The molecule has 1 saturated carbocycles. The highest BCUT2D eigenvalue weighted by atomic mass is 79.9. The number of aliphatic hydroxyl groups is 1. The van der Waals surface area contributed by atoms with Crippen LogP contribution in [0.1, 0.15) is 56.0 Å². The van der Waals surface area contributed by atoms with E-state index in [0.717, 1.165) is 11.4 Å². The molecule has 0 aliphatic heterocycles. The second-order valence-electron chi connectivity index (χ2n) is 9.80. The number of aromatic amines is 1. The summed E-state index contributed by atoms with van der Waals surface area (Å²) in [6.07, 6.45) is 2.67. The zero-order valence-corrected chi connectivity index (χ0v) is 22.1. The monoisotopic (exact) mass is 562 g/mol. The number of rotatable bonds is 9. The number of halogens is 3. The standard InChI is InChI=1S/C28H32F2N2O3.BrH/c1-20(2)25-31-15-16-32(25)19-24(17-21-9-5-3-6-10-21)35-26(33)28(34,22-11-7-4-8-12-22)23-13-14-27(29,30)18-23;/h3-12,15-16,20,23-24,34H,13-14,17-19H2,1-2H3;1H/t23-,24?,28+;/m1./s1. The van der Waals surface area contributed by atoms with Crippen molar-refractivity contribution < 1.29 is 45.0 Å². The van der Waals surface area contributed by atoms with Crippen molar-refractivity contribution in [3.63, 3.8) is 0 Å². The van der Waals surface area contributed by atoms with Gasteiger partial charge in [0.05, 0.1) is 5.92 Å². The molecule has 4 rings (SSSR count). The molecule has 0 radical (unpaired) electrons. The number of carbonyl (C=O) groups excluding carboxylic acids is 1. The molecule has 1 aliphatic rings. The first-order valence-electron chi connectivity index (χ1n) is 12.2. The summed E-state index contributed by atoms with van der Waals surface area (Å²) in [7, 11) is 0. The number of aromatic nitrogens is 2. The second-order valence-corrected chi connectivity index (χ2v) is 9.80. The van der Waals surface area contributed by atoms with E-state index in [2.05, 4.69) is 18.8 Å². The number of carbonyl (C=O) groups is 1. The zero-order valence-electron chi connectivity index (χ0n) is 20.5. The van der Waals surface area contributed by atoms with Gasteiger partial charge in [-0.15, -0.1) is 0 Å². The lowest BCUT2D eigenvalue weighted by Gasteiger charge is -2.33. The van der Waals surface area contributed by atoms with E-state index in [1.807, 2.05) is 47.3 Å². The molecule has 36 heavy (non-hydrogen) atoms. The molecule has 0 spiro atoms. The van der Waals surface area contributed by atoms with E-state index in [9.17, 15) is 18.7 Å². The topological polar surface area (TPSA) is 66.2 Å². The summed E-state index contributed by atoms with van der Waals surface area (Å²) in [5.41, 5.74) is -0.897. The van der Waals surface area contributed by atoms with Crippen molar-refractivity contribution in [1.82, 2.24) is 4.98 Å². The van der Waals surface area contributed by atoms with Gasteiger partial charge in [0, 0.05) is 25.2 Å². The summed E-state index contributed by atoms with van der Waals surface area (Å²) in [5, 5.41) is 11.7. The molecule has 1 fully saturated rings. The lowest BCUT2D eigenvalue weighted by atomic mass is 9.80. The van der Waals surface area contributed by atoms with Gasteiger partial charge >= 0.3 is 5.97 Å². The van der Waals surface area contributed by atoms with Crippen LogP contribution < -0.4 is 21.5 Å². The average molecular weight is 563 g/mol. The first-order chi connectivity index (χ1) is 16.7. The van der Waals surface area contributed by atoms with Gasteiger partial charge in [0.2, 0.25) is 5.92 Å². The van der Waals surface area contributed by atoms with Gasteiger partial charge in [-0.25, -0.2) is 23.1 Å². The molecule has 2 aromatic carbocycles. The minimum Gasteiger partial charge on any atom is -1.00 e. The Kier molecular flexibility index (Phi) is 9.06. The second kappa shape index (κ2) is 11.6. The molecular formula is C28H33BrF2N2O3. The minimum atomic E-state index is -2.91. The van der Waals surface area contributed by atoms with E-state index >= 15 is 0 Å². The third-order valence-electron chi connectivity index (χ3n) is 6.84. The Hall–Kier alpha value is -2.58. The van der Waals surface area contributed by atoms with Crippen LogP contribution in [0.3, 0.4) is 0 Å². The molecule has 0 saturated heterocycles. The number of nitrogens with zero attached hydrogens (tertiary/aromatic N) is 1. The summed E-state index contributed by atoms with van der Waals surface area (Å²) in [5.74, 6) is -3.53. The minimum absolute atomic E-state index is 0. The van der Waals surface area contributed by atoms with E-state index in [0.29, 0.717) is 13.0 Å². The van der Waals surface area contributed by atoms with Crippen molar-refractivity contribution in [1.29, 1.82) is 0 Å². The predicted octanol–water partition coefficient (Wildman–Crippen LogP) is 1.91. The smallest absolute Gasteiger partial charge is 0.343 e. The van der Waals surface area contributed by atoms with E-state index in [1.54, 1.807) is 30.3 Å². The Morgan fingerprint density at radius 3 is 2.39 bits per heavy atom. The van der Waals surface area contributed by atoms with Gasteiger partial charge in [-0.1, -0.05) is 74.5 Å². The van der Waals surface area contributed by atoms with Gasteiger partial charge in [-0.3, -0.25) is 0 Å². The number of H-pyrrole nitrogens is 1. The number of nitrogens with one attached hydrogen (secondary N) is 1. The number of benzene rings is 2. The third kappa shape index (κ3) is 6.21. The molecule has 1 heterocycles. The van der Waals surface area contributed by atoms with Crippen LogP contribution in [-0.4, -0.2) is 28.1 Å². The molecule has 0 amide bonds. The van der Waals surface area contributed by atoms with E-state index < -0.39 is 35.9 Å². The van der Waals surface area contributed by atoms with Crippen molar-refractivity contribution in [2.24, 2.45) is 5.92 Å². The first kappa shape index (κ1) is 28.0. The zero-order chi connectivity index (χ0) is 25.1. The molecule has 3 atom stereocenters. The number of esters is 1. The summed E-state index contributed by atoms with van der Waals surface area (Å²) >= 11 is 0. The fourth-order valence-electron chi connectivity index (χ4n) is 5.03. The third-order valence-corrected chi connectivity index (χ3v) is 6.84. The predicted molar refractivity (Wildman–Crippen MR) is 128 cm³/mol. The Morgan fingerprint density at radius 1 is 1.17 bits per heavy atom. The molecule has 194 valence electrons. The first-order valence-corrected chi connectivity index (χ1v) is 12.2. The molecule has 5 nitrogen and oxygen atoms in total. The molecule has 1 aliphatic carbocycles. The van der Waals surface area contributed by atoms with Crippen LogP contribution in [0.2, 0.25) is 0 Å². The summed E-state index contributed by atoms with van der Waals surface area (Å²) < 4.78 is 36.3. The molecule has 3 aromatic rings. The van der Waals surface area contributed by atoms with Gasteiger partial charge in [0.15, 0.2) is 5.60 Å². The maximum absolute atomic E-state index is 14.2. The highest BCUT2D eigenvalue weighted by molar-refractivity contribution is 5.82. The number of ether oxygens (including phenoxy) is 1. The molecular weight excluding hydrogens is 530 g/mol. The quantitative estimate of drug-likeness (QED) is 0.309. The normalized spacial score (nSPS) is 19.3. The molecule has 0 bridgehead atoms. The van der Waals surface area contributed by atoms with E-state index in [-0.39, 0.29) is 41.3 Å². The number of hydrogen-bond acceptors (Lipinski definition) is 3. The van der Waals surface area contributed by atoms with Gasteiger partial charge in [0.1, 0.15) is 25.0 Å². The lowest BCUT2D eigenvalue weighted by molar-refractivity contribution is -0.710. The van der Waals surface area contributed by atoms with E-state index in [1.165, 1.54) is 0 Å². The Morgan fingerprint density at radius 2 is 1.81 bits per heavy atom. The van der Waals surface area contributed by atoms with Crippen LogP contribution >= 0.6 is 0 Å². The molecule has 1 unspecified atom stereocenters. The molecule has 1 aromatic heterocycles. The fourth-order valence-corrected chi connectivity index (χ4v) is 5.03. The number of hydrogen-bond donors (Lipinski definition) is 2. The van der Waals surface area contributed by atoms with Crippen molar-refractivity contribution in [3.8, 4) is 0 Å². The summed E-state index contributed by atoms with van der Waals surface area (Å²) in [4.78, 5) is 16.9. The maximum atomic E-state index is 14.2. The SMILES string of the molecule is CC(C)c1[nH]cc[n+]1CC(Cc1ccccc1)OC(=O)[C@](O)(c1ccccc1)[C@@H]1CCC(F)(F)C1.[Br-]. The Labute approximate surface area is 221 Å².